The molecule has 0 bridgehead atoms. The van der Waals surface area contributed by atoms with Gasteiger partial charge < -0.3 is 14.6 Å². The quantitative estimate of drug-likeness (QED) is 0.222. The molecule has 2 aliphatic heterocycles. The van der Waals surface area contributed by atoms with Crippen LogP contribution < -0.4 is 14.4 Å². The molecule has 37 heavy (non-hydrogen) atoms. The number of nitrogens with zero attached hydrogens (tertiary/aromatic N) is 2. The zero-order chi connectivity index (χ0) is 25.8. The number of carbonyl (C=O) groups is 2. The number of benzene rings is 3. The molecule has 0 spiro atoms. The molecule has 3 aromatic carbocycles. The van der Waals surface area contributed by atoms with Gasteiger partial charge in [-0.3, -0.25) is 14.5 Å². The normalized spacial score (nSPS) is 20.4. The fourth-order valence-corrected chi connectivity index (χ4v) is 5.89. The lowest BCUT2D eigenvalue weighted by atomic mass is 9.94. The van der Waals surface area contributed by atoms with Gasteiger partial charge >= 0.3 is 5.91 Å². The van der Waals surface area contributed by atoms with E-state index >= 15 is 4.39 Å². The number of aliphatic hydroxyl groups excluding tert-OH is 1. The first-order valence-corrected chi connectivity index (χ1v) is 12.5. The van der Waals surface area contributed by atoms with Crippen LogP contribution in [-0.2, 0) is 16.0 Å². The summed E-state index contributed by atoms with van der Waals surface area (Å²) in [6.07, 6.45) is 0.644. The van der Waals surface area contributed by atoms with Crippen molar-refractivity contribution in [2.75, 3.05) is 12.0 Å². The fourth-order valence-electron chi connectivity index (χ4n) is 4.87. The molecule has 0 aliphatic carbocycles. The number of aliphatic hydroxyl groups is 1. The standard InChI is InChI=1S/C28H21FN2O5S/c1-14-11-16-12-15(7-10-21(16)36-14)25(32)23-24(18-5-3-4-6-19(18)29)31(27(34)26(23)33)28-30-20-9-8-17(35-2)13-22(20)37-28/h3-10,12-14,24,32H,11H2,1-2H3/b25-23+/t14-,24-/m1/s1. The van der Waals surface area contributed by atoms with Crippen LogP contribution in [0.25, 0.3) is 16.0 Å². The molecule has 4 aromatic rings. The predicted molar refractivity (Wildman–Crippen MR) is 138 cm³/mol. The van der Waals surface area contributed by atoms with Crippen LogP contribution in [0.1, 0.15) is 29.7 Å². The van der Waals surface area contributed by atoms with Crippen LogP contribution in [0.3, 0.4) is 0 Å². The molecule has 1 amide bonds. The average Bonchev–Trinajstić information content (AvgIpc) is 3.55. The van der Waals surface area contributed by atoms with E-state index in [0.717, 1.165) is 10.3 Å². The maximum atomic E-state index is 15.1. The van der Waals surface area contributed by atoms with Gasteiger partial charge in [-0.2, -0.15) is 0 Å². The Labute approximate surface area is 215 Å². The molecule has 2 aliphatic rings. The number of thiazole rings is 1. The van der Waals surface area contributed by atoms with Crippen LogP contribution in [0.15, 0.2) is 66.2 Å². The van der Waals surface area contributed by atoms with E-state index in [0.29, 0.717) is 29.0 Å². The highest BCUT2D eigenvalue weighted by Gasteiger charge is 2.49. The summed E-state index contributed by atoms with van der Waals surface area (Å²) in [4.78, 5) is 32.5. The lowest BCUT2D eigenvalue weighted by Gasteiger charge is -2.23. The van der Waals surface area contributed by atoms with Crippen molar-refractivity contribution in [1.29, 1.82) is 0 Å². The van der Waals surface area contributed by atoms with Gasteiger partial charge in [0, 0.05) is 17.5 Å². The maximum Gasteiger partial charge on any atom is 0.301 e. The molecule has 7 nitrogen and oxygen atoms in total. The molecular formula is C28H21FN2O5S. The van der Waals surface area contributed by atoms with E-state index in [1.807, 2.05) is 6.92 Å². The minimum absolute atomic E-state index is 0.00551. The molecule has 2 atom stereocenters. The Morgan fingerprint density at radius 1 is 1.16 bits per heavy atom. The Morgan fingerprint density at radius 3 is 2.76 bits per heavy atom. The summed E-state index contributed by atoms with van der Waals surface area (Å²) >= 11 is 1.18. The topological polar surface area (TPSA) is 89.0 Å². The monoisotopic (exact) mass is 516 g/mol. The Balaban J connectivity index is 1.54. The van der Waals surface area contributed by atoms with Gasteiger partial charge in [-0.25, -0.2) is 9.37 Å². The lowest BCUT2D eigenvalue weighted by Crippen LogP contribution is -2.29. The van der Waals surface area contributed by atoms with Crippen LogP contribution >= 0.6 is 11.3 Å². The van der Waals surface area contributed by atoms with Crippen molar-refractivity contribution in [3.05, 3.63) is 88.7 Å². The number of rotatable bonds is 4. The number of carbonyl (C=O) groups excluding carboxylic acids is 2. The highest BCUT2D eigenvalue weighted by Crippen LogP contribution is 2.45. The third-order valence-corrected chi connectivity index (χ3v) is 7.62. The molecule has 0 radical (unpaired) electrons. The zero-order valence-corrected chi connectivity index (χ0v) is 20.7. The van der Waals surface area contributed by atoms with Crippen molar-refractivity contribution < 1.29 is 28.6 Å². The molecule has 9 heteroatoms. The van der Waals surface area contributed by atoms with Crippen molar-refractivity contribution >= 4 is 44.1 Å². The maximum absolute atomic E-state index is 15.1. The fraction of sp³-hybridized carbons (Fsp3) is 0.179. The van der Waals surface area contributed by atoms with Gasteiger partial charge in [0.2, 0.25) is 0 Å². The van der Waals surface area contributed by atoms with Crippen molar-refractivity contribution in [3.8, 4) is 11.5 Å². The molecule has 0 saturated carbocycles. The molecular weight excluding hydrogens is 495 g/mol. The van der Waals surface area contributed by atoms with Crippen LogP contribution in [-0.4, -0.2) is 35.0 Å². The largest absolute Gasteiger partial charge is 0.507 e. The van der Waals surface area contributed by atoms with Gasteiger partial charge in [0.05, 0.1) is 22.9 Å². The number of methoxy groups -OCH3 is 1. The zero-order valence-electron chi connectivity index (χ0n) is 19.9. The molecule has 3 heterocycles. The number of halogens is 1. The number of hydrogen-bond donors (Lipinski definition) is 1. The first-order chi connectivity index (χ1) is 17.9. The number of aromatic nitrogens is 1. The second-order valence-corrected chi connectivity index (χ2v) is 9.98. The number of fused-ring (bicyclic) bond motifs is 2. The van der Waals surface area contributed by atoms with Crippen molar-refractivity contribution in [2.24, 2.45) is 0 Å². The number of hydrogen-bond acceptors (Lipinski definition) is 7. The lowest BCUT2D eigenvalue weighted by molar-refractivity contribution is -0.132. The highest BCUT2D eigenvalue weighted by molar-refractivity contribution is 7.22. The van der Waals surface area contributed by atoms with Gasteiger partial charge in [-0.15, -0.1) is 0 Å². The summed E-state index contributed by atoms with van der Waals surface area (Å²) in [6.45, 7) is 1.94. The predicted octanol–water partition coefficient (Wildman–Crippen LogP) is 5.39. The number of amides is 1. The Kier molecular flexibility index (Phi) is 5.45. The highest BCUT2D eigenvalue weighted by atomic mass is 32.1. The Bertz CT molecular complexity index is 1630. The second kappa shape index (κ2) is 8.70. The van der Waals surface area contributed by atoms with E-state index in [1.54, 1.807) is 49.6 Å². The Morgan fingerprint density at radius 2 is 1.97 bits per heavy atom. The van der Waals surface area contributed by atoms with E-state index in [-0.39, 0.29) is 28.1 Å². The molecule has 1 fully saturated rings. The van der Waals surface area contributed by atoms with E-state index < -0.39 is 23.5 Å². The molecule has 1 saturated heterocycles. The van der Waals surface area contributed by atoms with Gasteiger partial charge in [-0.05, 0) is 55.0 Å². The van der Waals surface area contributed by atoms with Gasteiger partial charge in [0.1, 0.15) is 35.2 Å². The minimum atomic E-state index is -1.20. The van der Waals surface area contributed by atoms with Crippen LogP contribution in [0, 0.1) is 5.82 Å². The molecule has 0 unspecified atom stereocenters. The summed E-state index contributed by atoms with van der Waals surface area (Å²) in [5.41, 5.74) is 1.72. The molecule has 6 rings (SSSR count). The number of Topliss-reactive ketones (excluding diaryl/α,β-unsaturated/α-hetero) is 1. The van der Waals surface area contributed by atoms with Crippen LogP contribution in [0.5, 0.6) is 11.5 Å². The van der Waals surface area contributed by atoms with E-state index in [9.17, 15) is 14.7 Å². The molecule has 186 valence electrons. The van der Waals surface area contributed by atoms with Crippen molar-refractivity contribution in [3.63, 3.8) is 0 Å². The van der Waals surface area contributed by atoms with E-state index in [1.165, 1.54) is 34.4 Å². The number of anilines is 1. The third kappa shape index (κ3) is 3.74. The van der Waals surface area contributed by atoms with E-state index in [4.69, 9.17) is 9.47 Å². The smallest absolute Gasteiger partial charge is 0.301 e. The first-order valence-electron chi connectivity index (χ1n) is 11.7. The SMILES string of the molecule is COc1ccc2nc(N3C(=O)C(=O)/C(=C(/O)c4ccc5c(c4)C[C@@H](C)O5)[C@H]3c3ccccc3F)sc2c1. The third-order valence-electron chi connectivity index (χ3n) is 6.60. The van der Waals surface area contributed by atoms with Gasteiger partial charge in [0.15, 0.2) is 5.13 Å². The van der Waals surface area contributed by atoms with Gasteiger partial charge in [-0.1, -0.05) is 29.5 Å². The van der Waals surface area contributed by atoms with Crippen molar-refractivity contribution in [1.82, 2.24) is 4.98 Å². The van der Waals surface area contributed by atoms with Gasteiger partial charge in [0.25, 0.3) is 5.78 Å². The summed E-state index contributed by atoms with van der Waals surface area (Å²) in [5, 5.41) is 11.6. The van der Waals surface area contributed by atoms with Crippen LogP contribution in [0.4, 0.5) is 9.52 Å². The molecule has 1 aromatic heterocycles. The first kappa shape index (κ1) is 23.2. The number of ether oxygens (including phenoxy) is 2. The minimum Gasteiger partial charge on any atom is -0.507 e. The summed E-state index contributed by atoms with van der Waals surface area (Å²) in [6, 6.07) is 15.1. The summed E-state index contributed by atoms with van der Waals surface area (Å²) in [5.74, 6) is -1.46. The van der Waals surface area contributed by atoms with Crippen LogP contribution in [0.2, 0.25) is 0 Å². The molecule has 1 N–H and O–H groups in total. The summed E-state index contributed by atoms with van der Waals surface area (Å²) in [7, 11) is 1.55. The number of ketones is 1. The van der Waals surface area contributed by atoms with E-state index in [2.05, 4.69) is 4.98 Å². The Hall–Kier alpha value is -4.24. The second-order valence-electron chi connectivity index (χ2n) is 8.98. The summed E-state index contributed by atoms with van der Waals surface area (Å²) < 4.78 is 26.9. The van der Waals surface area contributed by atoms with Crippen molar-refractivity contribution in [2.45, 2.75) is 25.5 Å². The average molecular weight is 517 g/mol.